The van der Waals surface area contributed by atoms with Crippen LogP contribution in [0.15, 0.2) is 41.3 Å². The number of aromatic nitrogens is 1. The number of fused-ring (bicyclic) bond motifs is 1. The van der Waals surface area contributed by atoms with E-state index >= 15 is 4.39 Å². The number of pyridine rings is 1. The zero-order valence-corrected chi connectivity index (χ0v) is 24.8. The standard InChI is InChI=1S/C29H29ClF2N3O7P/c30-12-18-13-35(28(38)41-18)17-3-4-25(22(32)9-17)40-15-29(39)5-7-33(8-6-29)24-11-23-19(10-21(24)31)26(36)20(27(37)42-43)14-34(23)16-1-2-16/h3-4,9-11,14,16,18,39H,1-2,5-8,12-13,15,43H2/t18-/m0/s1. The Morgan fingerprint density at radius 1 is 1.14 bits per heavy atom. The molecule has 3 aromatic rings. The van der Waals surface area contributed by atoms with Crippen molar-refractivity contribution in [2.75, 3.05) is 41.9 Å². The Labute approximate surface area is 252 Å². The zero-order valence-electron chi connectivity index (χ0n) is 22.9. The number of anilines is 2. The summed E-state index contributed by atoms with van der Waals surface area (Å²) in [6.07, 6.45) is 2.58. The van der Waals surface area contributed by atoms with Crippen molar-refractivity contribution in [3.63, 3.8) is 0 Å². The minimum Gasteiger partial charge on any atom is -0.488 e. The van der Waals surface area contributed by atoms with Gasteiger partial charge in [0.2, 0.25) is 5.43 Å². The van der Waals surface area contributed by atoms with Crippen LogP contribution in [0.4, 0.5) is 25.0 Å². The SMILES string of the molecule is O=C(OP)c1cn(C2CC2)c2cc(N3CCC(O)(COc4ccc(N5C[C@H](CCl)OC5=O)cc4F)CC3)c(F)cc2c1=O. The minimum absolute atomic E-state index is 0.0791. The molecule has 3 aliphatic rings. The molecule has 14 heteroatoms. The molecule has 1 saturated carbocycles. The lowest BCUT2D eigenvalue weighted by atomic mass is 9.92. The zero-order chi connectivity index (χ0) is 30.5. The molecule has 1 amide bonds. The number of hydrogen-bond acceptors (Lipinski definition) is 8. The maximum Gasteiger partial charge on any atom is 0.414 e. The van der Waals surface area contributed by atoms with Crippen LogP contribution in [0.3, 0.4) is 0 Å². The van der Waals surface area contributed by atoms with Gasteiger partial charge in [-0.1, -0.05) is 0 Å². The lowest BCUT2D eigenvalue weighted by Crippen LogP contribution is -2.48. The Morgan fingerprint density at radius 2 is 1.88 bits per heavy atom. The maximum absolute atomic E-state index is 15.4. The molecule has 2 atom stereocenters. The summed E-state index contributed by atoms with van der Waals surface area (Å²) in [5, 5.41) is 11.3. The van der Waals surface area contributed by atoms with Gasteiger partial charge in [-0.05, 0) is 49.9 Å². The second-order valence-electron chi connectivity index (χ2n) is 11.1. The highest BCUT2D eigenvalue weighted by Crippen LogP contribution is 2.39. The maximum atomic E-state index is 15.4. The summed E-state index contributed by atoms with van der Waals surface area (Å²) in [5.74, 6) is -2.07. The van der Waals surface area contributed by atoms with Gasteiger partial charge in [0.1, 0.15) is 29.7 Å². The van der Waals surface area contributed by atoms with Crippen molar-refractivity contribution in [1.82, 2.24) is 4.57 Å². The number of aliphatic hydroxyl groups is 1. The second-order valence-corrected chi connectivity index (χ2v) is 11.7. The lowest BCUT2D eigenvalue weighted by molar-refractivity contribution is -0.0250. The third-order valence-electron chi connectivity index (χ3n) is 8.17. The number of alkyl halides is 1. The molecule has 1 aromatic heterocycles. The first-order valence-corrected chi connectivity index (χ1v) is 14.8. The Bertz CT molecular complexity index is 1660. The van der Waals surface area contributed by atoms with Crippen LogP contribution < -0.4 is 20.0 Å². The van der Waals surface area contributed by atoms with E-state index in [9.17, 15) is 23.9 Å². The predicted octanol–water partition coefficient (Wildman–Crippen LogP) is 4.54. The van der Waals surface area contributed by atoms with Gasteiger partial charge in [0, 0.05) is 36.8 Å². The normalized spacial score (nSPS) is 19.9. The van der Waals surface area contributed by atoms with Gasteiger partial charge in [-0.3, -0.25) is 9.69 Å². The molecule has 6 rings (SSSR count). The Balaban J connectivity index is 1.15. The summed E-state index contributed by atoms with van der Waals surface area (Å²) >= 11 is 5.76. The Hall–Kier alpha value is -3.47. The molecule has 228 valence electrons. The van der Waals surface area contributed by atoms with E-state index in [0.29, 0.717) is 11.2 Å². The van der Waals surface area contributed by atoms with Crippen molar-refractivity contribution in [2.24, 2.45) is 0 Å². The Morgan fingerprint density at radius 3 is 2.51 bits per heavy atom. The molecule has 3 heterocycles. The molecule has 10 nitrogen and oxygen atoms in total. The Kier molecular flexibility index (Phi) is 7.95. The molecule has 1 aliphatic carbocycles. The summed E-state index contributed by atoms with van der Waals surface area (Å²) in [4.78, 5) is 40.3. The quantitative estimate of drug-likeness (QED) is 0.284. The summed E-state index contributed by atoms with van der Waals surface area (Å²) in [6.45, 7) is 0.594. The first kappa shape index (κ1) is 29.6. The molecule has 0 spiro atoms. The fourth-order valence-electron chi connectivity index (χ4n) is 5.57. The van der Waals surface area contributed by atoms with Crippen molar-refractivity contribution < 1.29 is 37.5 Å². The molecule has 0 radical (unpaired) electrons. The number of carbonyl (C=O) groups is 2. The third-order valence-corrected chi connectivity index (χ3v) is 8.73. The first-order valence-electron chi connectivity index (χ1n) is 13.8. The van der Waals surface area contributed by atoms with E-state index in [1.165, 1.54) is 23.2 Å². The predicted molar refractivity (Wildman–Crippen MR) is 158 cm³/mol. The highest BCUT2D eigenvalue weighted by molar-refractivity contribution is 7.10. The van der Waals surface area contributed by atoms with E-state index in [4.69, 9.17) is 21.1 Å². The molecule has 43 heavy (non-hydrogen) atoms. The van der Waals surface area contributed by atoms with Crippen molar-refractivity contribution in [2.45, 2.75) is 43.4 Å². The summed E-state index contributed by atoms with van der Waals surface area (Å²) in [7, 11) is 1.83. The number of piperidine rings is 1. The summed E-state index contributed by atoms with van der Waals surface area (Å²) in [5.41, 5.74) is -0.939. The fraction of sp³-hybridized carbons (Fsp3) is 0.414. The van der Waals surface area contributed by atoms with E-state index < -0.39 is 40.8 Å². The molecule has 0 bridgehead atoms. The third kappa shape index (κ3) is 5.75. The minimum atomic E-state index is -1.29. The number of nitrogens with zero attached hydrogens (tertiary/aromatic N) is 3. The van der Waals surface area contributed by atoms with Crippen molar-refractivity contribution >= 4 is 55.4 Å². The van der Waals surface area contributed by atoms with E-state index in [0.717, 1.165) is 25.0 Å². The van der Waals surface area contributed by atoms with Crippen LogP contribution in [-0.2, 0) is 9.26 Å². The van der Waals surface area contributed by atoms with E-state index in [2.05, 4.69) is 4.52 Å². The fourth-order valence-corrected chi connectivity index (χ4v) is 5.86. The number of hydrogen-bond donors (Lipinski definition) is 1. The van der Waals surface area contributed by atoms with Crippen molar-refractivity contribution in [1.29, 1.82) is 0 Å². The molecule has 2 aromatic carbocycles. The monoisotopic (exact) mass is 635 g/mol. The number of amides is 1. The number of rotatable bonds is 8. The van der Waals surface area contributed by atoms with Gasteiger partial charge < -0.3 is 28.6 Å². The summed E-state index contributed by atoms with van der Waals surface area (Å²) < 4.78 is 47.5. The average molecular weight is 636 g/mol. The lowest BCUT2D eigenvalue weighted by Gasteiger charge is -2.39. The average Bonchev–Trinajstić information content (AvgIpc) is 3.77. The first-order chi connectivity index (χ1) is 20.6. The topological polar surface area (TPSA) is 111 Å². The van der Waals surface area contributed by atoms with Crippen molar-refractivity contribution in [3.05, 3.63) is 63.9 Å². The van der Waals surface area contributed by atoms with Gasteiger partial charge >= 0.3 is 12.1 Å². The highest BCUT2D eigenvalue weighted by Gasteiger charge is 2.36. The molecule has 3 fully saturated rings. The van der Waals surface area contributed by atoms with Crippen LogP contribution in [-0.4, -0.2) is 65.6 Å². The van der Waals surface area contributed by atoms with Crippen molar-refractivity contribution in [3.8, 4) is 5.75 Å². The molecule has 2 saturated heterocycles. The van der Waals surface area contributed by atoms with Gasteiger partial charge in [0.15, 0.2) is 11.6 Å². The van der Waals surface area contributed by atoms with Crippen LogP contribution in [0.1, 0.15) is 42.1 Å². The second kappa shape index (κ2) is 11.6. The number of halogens is 3. The van der Waals surface area contributed by atoms with Gasteiger partial charge in [-0.2, -0.15) is 0 Å². The molecular weight excluding hydrogens is 607 g/mol. The van der Waals surface area contributed by atoms with Crippen LogP contribution in [0.5, 0.6) is 5.75 Å². The van der Waals surface area contributed by atoms with Crippen LogP contribution >= 0.6 is 21.1 Å². The largest absolute Gasteiger partial charge is 0.488 e. The van der Waals surface area contributed by atoms with E-state index in [-0.39, 0.29) is 73.4 Å². The number of cyclic esters (lactones) is 1. The number of ether oxygens (including phenoxy) is 2. The molecule has 1 N–H and O–H groups in total. The molecular formula is C29H29ClF2N3O7P. The van der Waals surface area contributed by atoms with E-state index in [1.54, 1.807) is 11.0 Å². The number of carbonyl (C=O) groups excluding carboxylic acids is 2. The van der Waals surface area contributed by atoms with Crippen LogP contribution in [0.2, 0.25) is 0 Å². The van der Waals surface area contributed by atoms with E-state index in [1.807, 2.05) is 14.0 Å². The molecule has 2 aliphatic heterocycles. The van der Waals surface area contributed by atoms with Crippen LogP contribution in [0, 0.1) is 11.6 Å². The van der Waals surface area contributed by atoms with Gasteiger partial charge in [-0.25, -0.2) is 18.4 Å². The smallest absolute Gasteiger partial charge is 0.414 e. The highest BCUT2D eigenvalue weighted by atomic mass is 35.5. The van der Waals surface area contributed by atoms with Crippen LogP contribution in [0.25, 0.3) is 10.9 Å². The number of benzene rings is 2. The van der Waals surface area contributed by atoms with Gasteiger partial charge in [0.25, 0.3) is 0 Å². The van der Waals surface area contributed by atoms with Gasteiger partial charge in [-0.15, -0.1) is 11.6 Å². The molecule has 1 unspecified atom stereocenters. The summed E-state index contributed by atoms with van der Waals surface area (Å²) in [6, 6.07) is 6.94. The van der Waals surface area contributed by atoms with Gasteiger partial charge in [0.05, 0.1) is 38.8 Å².